The lowest BCUT2D eigenvalue weighted by atomic mass is 9.95. The molecule has 1 atom stereocenters. The summed E-state index contributed by atoms with van der Waals surface area (Å²) >= 11 is 3.39. The lowest BCUT2D eigenvalue weighted by Crippen LogP contribution is -2.47. The first-order chi connectivity index (χ1) is 13.4. The van der Waals surface area contributed by atoms with Gasteiger partial charge in [0.15, 0.2) is 0 Å². The Bertz CT molecular complexity index is 815. The molecular formula is C21H25BrN4O2. The molecule has 1 fully saturated rings. The average Bonchev–Trinajstić information content (AvgIpc) is 2.71. The number of likely N-dealkylation sites (tertiary alicyclic amines) is 1. The second-order valence-electron chi connectivity index (χ2n) is 7.19. The van der Waals surface area contributed by atoms with Gasteiger partial charge in [-0.05, 0) is 75.7 Å². The van der Waals surface area contributed by atoms with E-state index in [0.29, 0.717) is 18.9 Å². The fourth-order valence-corrected chi connectivity index (χ4v) is 3.53. The standard InChI is InChI=1S/C21H25BrN4O2/c1-14-3-8-19(23-13-14)25-21(28)16-9-11-26(12-10-16)15(2)20(27)24-18-6-4-17(22)5-7-18/h3-8,13,15-16H,9-12H2,1-2H3,(H,24,27)(H,23,25,28). The molecule has 2 aromatic rings. The predicted molar refractivity (Wildman–Crippen MR) is 114 cm³/mol. The van der Waals surface area contributed by atoms with Gasteiger partial charge in [-0.1, -0.05) is 22.0 Å². The molecule has 6 nitrogen and oxygen atoms in total. The largest absolute Gasteiger partial charge is 0.325 e. The molecule has 0 saturated carbocycles. The van der Waals surface area contributed by atoms with Crippen LogP contribution in [0.3, 0.4) is 0 Å². The lowest BCUT2D eigenvalue weighted by molar-refractivity contribution is -0.123. The minimum Gasteiger partial charge on any atom is -0.325 e. The normalized spacial score (nSPS) is 16.4. The van der Waals surface area contributed by atoms with Crippen molar-refractivity contribution in [3.63, 3.8) is 0 Å². The van der Waals surface area contributed by atoms with Gasteiger partial charge in [0.2, 0.25) is 11.8 Å². The van der Waals surface area contributed by atoms with Gasteiger partial charge in [0.25, 0.3) is 0 Å². The Labute approximate surface area is 173 Å². The van der Waals surface area contributed by atoms with Crippen LogP contribution < -0.4 is 10.6 Å². The molecule has 1 aliphatic rings. The van der Waals surface area contributed by atoms with E-state index < -0.39 is 0 Å². The van der Waals surface area contributed by atoms with Crippen molar-refractivity contribution < 1.29 is 9.59 Å². The highest BCUT2D eigenvalue weighted by molar-refractivity contribution is 9.10. The molecule has 1 aromatic heterocycles. The van der Waals surface area contributed by atoms with E-state index in [1.165, 1.54) is 0 Å². The molecule has 2 N–H and O–H groups in total. The summed E-state index contributed by atoms with van der Waals surface area (Å²) in [5.74, 6) is 0.499. The predicted octanol–water partition coefficient (Wildman–Crippen LogP) is 3.83. The quantitative estimate of drug-likeness (QED) is 0.734. The number of aryl methyl sites for hydroxylation is 1. The Morgan fingerprint density at radius 3 is 2.39 bits per heavy atom. The van der Waals surface area contributed by atoms with Crippen LogP contribution in [-0.4, -0.2) is 40.8 Å². The molecule has 1 aromatic carbocycles. The van der Waals surface area contributed by atoms with Crippen molar-refractivity contribution in [1.82, 2.24) is 9.88 Å². The van der Waals surface area contributed by atoms with Crippen molar-refractivity contribution >= 4 is 39.2 Å². The zero-order valence-electron chi connectivity index (χ0n) is 16.1. The van der Waals surface area contributed by atoms with Crippen LogP contribution in [0.15, 0.2) is 47.1 Å². The minimum absolute atomic E-state index is 0.00275. The van der Waals surface area contributed by atoms with Gasteiger partial charge in [-0.2, -0.15) is 0 Å². The zero-order chi connectivity index (χ0) is 20.1. The minimum atomic E-state index is -0.244. The van der Waals surface area contributed by atoms with E-state index in [1.54, 1.807) is 6.20 Å². The molecule has 1 aliphatic heterocycles. The van der Waals surface area contributed by atoms with Crippen LogP contribution in [-0.2, 0) is 9.59 Å². The number of amides is 2. The number of aromatic nitrogens is 1. The molecule has 2 heterocycles. The summed E-state index contributed by atoms with van der Waals surface area (Å²) in [6.45, 7) is 5.30. The van der Waals surface area contributed by atoms with Gasteiger partial charge in [0, 0.05) is 22.3 Å². The Morgan fingerprint density at radius 2 is 1.79 bits per heavy atom. The average molecular weight is 445 g/mol. The first-order valence-corrected chi connectivity index (χ1v) is 10.3. The molecule has 0 bridgehead atoms. The molecule has 1 unspecified atom stereocenters. The van der Waals surface area contributed by atoms with E-state index in [0.717, 1.165) is 28.6 Å². The maximum atomic E-state index is 12.5. The first kappa shape index (κ1) is 20.5. The summed E-state index contributed by atoms with van der Waals surface area (Å²) in [7, 11) is 0. The van der Waals surface area contributed by atoms with Crippen LogP contribution in [0, 0.1) is 12.8 Å². The third kappa shape index (κ3) is 5.39. The van der Waals surface area contributed by atoms with E-state index in [1.807, 2.05) is 50.2 Å². The number of anilines is 2. The van der Waals surface area contributed by atoms with Crippen LogP contribution in [0.2, 0.25) is 0 Å². The van der Waals surface area contributed by atoms with Crippen molar-refractivity contribution in [2.24, 2.45) is 5.92 Å². The van der Waals surface area contributed by atoms with Gasteiger partial charge in [0.1, 0.15) is 5.82 Å². The maximum absolute atomic E-state index is 12.5. The number of piperidine rings is 1. The smallest absolute Gasteiger partial charge is 0.241 e. The van der Waals surface area contributed by atoms with Gasteiger partial charge in [0.05, 0.1) is 6.04 Å². The number of benzene rings is 1. The highest BCUT2D eigenvalue weighted by atomic mass is 79.9. The van der Waals surface area contributed by atoms with Crippen molar-refractivity contribution in [1.29, 1.82) is 0 Å². The number of pyridine rings is 1. The summed E-state index contributed by atoms with van der Waals surface area (Å²) in [6.07, 6.45) is 3.20. The molecule has 2 amide bonds. The number of halogens is 1. The van der Waals surface area contributed by atoms with Crippen LogP contribution in [0.25, 0.3) is 0 Å². The lowest BCUT2D eigenvalue weighted by Gasteiger charge is -2.34. The van der Waals surface area contributed by atoms with Crippen molar-refractivity contribution in [2.45, 2.75) is 32.7 Å². The number of rotatable bonds is 5. The molecular weight excluding hydrogens is 420 g/mol. The van der Waals surface area contributed by atoms with Crippen molar-refractivity contribution in [2.75, 3.05) is 23.7 Å². The van der Waals surface area contributed by atoms with Crippen molar-refractivity contribution in [3.05, 3.63) is 52.6 Å². The number of nitrogens with one attached hydrogen (secondary N) is 2. The molecule has 3 rings (SSSR count). The van der Waals surface area contributed by atoms with Gasteiger partial charge in [-0.25, -0.2) is 4.98 Å². The second-order valence-corrected chi connectivity index (χ2v) is 8.11. The Hall–Kier alpha value is -2.25. The van der Waals surface area contributed by atoms with Crippen LogP contribution in [0.4, 0.5) is 11.5 Å². The fraction of sp³-hybridized carbons (Fsp3) is 0.381. The monoisotopic (exact) mass is 444 g/mol. The number of nitrogens with zero attached hydrogens (tertiary/aromatic N) is 2. The summed E-state index contributed by atoms with van der Waals surface area (Å²) in [5.41, 5.74) is 1.83. The van der Waals surface area contributed by atoms with Gasteiger partial charge in [-0.15, -0.1) is 0 Å². The summed E-state index contributed by atoms with van der Waals surface area (Å²) in [5, 5.41) is 5.84. The fourth-order valence-electron chi connectivity index (χ4n) is 3.26. The number of hydrogen-bond donors (Lipinski definition) is 2. The van der Waals surface area contributed by atoms with Crippen molar-refractivity contribution in [3.8, 4) is 0 Å². The van der Waals surface area contributed by atoms with E-state index in [-0.39, 0.29) is 23.8 Å². The van der Waals surface area contributed by atoms with E-state index in [9.17, 15) is 9.59 Å². The van der Waals surface area contributed by atoms with Crippen LogP contribution in [0.5, 0.6) is 0 Å². The van der Waals surface area contributed by atoms with Gasteiger partial charge >= 0.3 is 0 Å². The summed E-state index contributed by atoms with van der Waals surface area (Å²) in [4.78, 5) is 31.4. The Kier molecular flexibility index (Phi) is 6.80. The molecule has 1 saturated heterocycles. The SMILES string of the molecule is Cc1ccc(NC(=O)C2CCN(C(C)C(=O)Nc3ccc(Br)cc3)CC2)nc1. The molecule has 148 valence electrons. The third-order valence-electron chi connectivity index (χ3n) is 5.10. The summed E-state index contributed by atoms with van der Waals surface area (Å²) < 4.78 is 0.972. The zero-order valence-corrected chi connectivity index (χ0v) is 17.7. The van der Waals surface area contributed by atoms with Gasteiger partial charge < -0.3 is 10.6 Å². The number of hydrogen-bond acceptors (Lipinski definition) is 4. The Morgan fingerprint density at radius 1 is 1.11 bits per heavy atom. The molecule has 0 spiro atoms. The molecule has 28 heavy (non-hydrogen) atoms. The molecule has 7 heteroatoms. The highest BCUT2D eigenvalue weighted by Gasteiger charge is 2.30. The van der Waals surface area contributed by atoms with Crippen LogP contribution in [0.1, 0.15) is 25.3 Å². The summed E-state index contributed by atoms with van der Waals surface area (Å²) in [6, 6.07) is 11.0. The molecule has 0 aliphatic carbocycles. The first-order valence-electron chi connectivity index (χ1n) is 9.46. The number of carbonyl (C=O) groups is 2. The van der Waals surface area contributed by atoms with E-state index in [2.05, 4.69) is 36.4 Å². The number of carbonyl (C=O) groups excluding carboxylic acids is 2. The topological polar surface area (TPSA) is 74.3 Å². The third-order valence-corrected chi connectivity index (χ3v) is 5.63. The van der Waals surface area contributed by atoms with E-state index >= 15 is 0 Å². The van der Waals surface area contributed by atoms with Gasteiger partial charge in [-0.3, -0.25) is 14.5 Å². The van der Waals surface area contributed by atoms with Crippen LogP contribution >= 0.6 is 15.9 Å². The second kappa shape index (κ2) is 9.30. The van der Waals surface area contributed by atoms with E-state index in [4.69, 9.17) is 0 Å². The Balaban J connectivity index is 1.48. The highest BCUT2D eigenvalue weighted by Crippen LogP contribution is 2.21. The molecule has 0 radical (unpaired) electrons. The maximum Gasteiger partial charge on any atom is 0.241 e.